The zero-order valence-electron chi connectivity index (χ0n) is 15.4. The lowest BCUT2D eigenvalue weighted by Gasteiger charge is -2.11. The number of halogens is 4. The zero-order chi connectivity index (χ0) is 21.7. The molecule has 0 bridgehead atoms. The van der Waals surface area contributed by atoms with Gasteiger partial charge in [-0.2, -0.15) is 13.9 Å². The average Bonchev–Trinajstić information content (AvgIpc) is 3.17. The Balaban J connectivity index is 1.63. The Morgan fingerprint density at radius 2 is 1.90 bits per heavy atom. The standard InChI is InChI=1S/C19H15Cl2F2N3O4/c1-28-17-9-12(3-5-16(17)30-19(22)23)24-18(27)14-6-7-26(25-14)10-29-15-4-2-11(20)8-13(15)21/h2-9,19H,10H2,1H3,(H,24,27). The highest BCUT2D eigenvalue weighted by Crippen LogP contribution is 2.31. The molecule has 0 aliphatic heterocycles. The third-order valence-corrected chi connectivity index (χ3v) is 4.29. The highest BCUT2D eigenvalue weighted by Gasteiger charge is 2.14. The Bertz CT molecular complexity index is 1050. The summed E-state index contributed by atoms with van der Waals surface area (Å²) in [6, 6.07) is 10.3. The lowest BCUT2D eigenvalue weighted by atomic mass is 10.2. The molecule has 0 aliphatic rings. The molecule has 0 unspecified atom stereocenters. The summed E-state index contributed by atoms with van der Waals surface area (Å²) in [5.74, 6) is -0.191. The van der Waals surface area contributed by atoms with E-state index in [1.807, 2.05) is 0 Å². The van der Waals surface area contributed by atoms with Crippen LogP contribution in [-0.4, -0.2) is 29.4 Å². The number of nitrogens with one attached hydrogen (secondary N) is 1. The molecule has 7 nitrogen and oxygen atoms in total. The van der Waals surface area contributed by atoms with E-state index >= 15 is 0 Å². The monoisotopic (exact) mass is 457 g/mol. The van der Waals surface area contributed by atoms with E-state index in [1.165, 1.54) is 36.1 Å². The molecule has 0 spiro atoms. The molecule has 1 amide bonds. The van der Waals surface area contributed by atoms with Gasteiger partial charge in [0.1, 0.15) is 5.75 Å². The minimum Gasteiger partial charge on any atom is -0.493 e. The number of benzene rings is 2. The lowest BCUT2D eigenvalue weighted by molar-refractivity contribution is -0.0512. The number of hydrogen-bond acceptors (Lipinski definition) is 5. The zero-order valence-corrected chi connectivity index (χ0v) is 17.0. The van der Waals surface area contributed by atoms with Gasteiger partial charge in [-0.15, -0.1) is 0 Å². The topological polar surface area (TPSA) is 74.6 Å². The molecule has 0 fully saturated rings. The van der Waals surface area contributed by atoms with Crippen LogP contribution < -0.4 is 19.5 Å². The van der Waals surface area contributed by atoms with Crippen LogP contribution in [0.5, 0.6) is 17.2 Å². The predicted octanol–water partition coefficient (Wildman–Crippen LogP) is 5.09. The minimum atomic E-state index is -2.99. The summed E-state index contributed by atoms with van der Waals surface area (Å²) in [5, 5.41) is 7.56. The Morgan fingerprint density at radius 1 is 1.13 bits per heavy atom. The maximum absolute atomic E-state index is 12.4. The number of amides is 1. The first-order valence-electron chi connectivity index (χ1n) is 8.41. The van der Waals surface area contributed by atoms with E-state index in [1.54, 1.807) is 24.4 Å². The van der Waals surface area contributed by atoms with Crippen molar-refractivity contribution < 1.29 is 27.8 Å². The normalized spacial score (nSPS) is 10.7. The second kappa shape index (κ2) is 9.64. The van der Waals surface area contributed by atoms with E-state index in [2.05, 4.69) is 15.2 Å². The van der Waals surface area contributed by atoms with Crippen molar-refractivity contribution in [2.24, 2.45) is 0 Å². The van der Waals surface area contributed by atoms with E-state index < -0.39 is 12.5 Å². The van der Waals surface area contributed by atoms with Gasteiger partial charge in [-0.25, -0.2) is 4.68 Å². The summed E-state index contributed by atoms with van der Waals surface area (Å²) >= 11 is 11.9. The molecule has 30 heavy (non-hydrogen) atoms. The first-order chi connectivity index (χ1) is 14.4. The fraction of sp³-hybridized carbons (Fsp3) is 0.158. The summed E-state index contributed by atoms with van der Waals surface area (Å²) in [5.41, 5.74) is 0.435. The van der Waals surface area contributed by atoms with Gasteiger partial charge in [0.05, 0.1) is 12.1 Å². The average molecular weight is 458 g/mol. The number of rotatable bonds is 8. The maximum Gasteiger partial charge on any atom is 0.387 e. The summed E-state index contributed by atoms with van der Waals surface area (Å²) in [7, 11) is 1.30. The van der Waals surface area contributed by atoms with E-state index in [-0.39, 0.29) is 23.9 Å². The molecule has 0 atom stereocenters. The quantitative estimate of drug-likeness (QED) is 0.509. The van der Waals surface area contributed by atoms with Crippen molar-refractivity contribution in [1.82, 2.24) is 9.78 Å². The van der Waals surface area contributed by atoms with Gasteiger partial charge in [0.15, 0.2) is 23.9 Å². The third-order valence-electron chi connectivity index (χ3n) is 3.76. The van der Waals surface area contributed by atoms with Crippen molar-refractivity contribution in [2.45, 2.75) is 13.3 Å². The van der Waals surface area contributed by atoms with Crippen molar-refractivity contribution in [1.29, 1.82) is 0 Å². The van der Waals surface area contributed by atoms with Gasteiger partial charge in [-0.3, -0.25) is 4.79 Å². The smallest absolute Gasteiger partial charge is 0.387 e. The number of nitrogens with zero attached hydrogens (tertiary/aromatic N) is 2. The molecule has 2 aromatic carbocycles. The first-order valence-corrected chi connectivity index (χ1v) is 9.17. The molecule has 158 valence electrons. The van der Waals surface area contributed by atoms with Gasteiger partial charge in [0.2, 0.25) is 0 Å². The van der Waals surface area contributed by atoms with E-state index in [9.17, 15) is 13.6 Å². The van der Waals surface area contributed by atoms with Gasteiger partial charge in [0, 0.05) is 23.0 Å². The number of methoxy groups -OCH3 is 1. The highest BCUT2D eigenvalue weighted by molar-refractivity contribution is 6.35. The minimum absolute atomic E-state index is 0.0160. The number of carbonyl (C=O) groups excluding carboxylic acids is 1. The molecule has 11 heteroatoms. The number of anilines is 1. The molecule has 1 N–H and O–H groups in total. The molecule has 1 heterocycles. The van der Waals surface area contributed by atoms with Crippen LogP contribution in [0, 0.1) is 0 Å². The van der Waals surface area contributed by atoms with Crippen LogP contribution in [-0.2, 0) is 6.73 Å². The molecule has 0 saturated heterocycles. The number of hydrogen-bond donors (Lipinski definition) is 1. The van der Waals surface area contributed by atoms with Crippen LogP contribution in [0.2, 0.25) is 10.0 Å². The van der Waals surface area contributed by atoms with E-state index in [0.29, 0.717) is 21.5 Å². The molecule has 0 aliphatic carbocycles. The van der Waals surface area contributed by atoms with Crippen molar-refractivity contribution in [3.63, 3.8) is 0 Å². The van der Waals surface area contributed by atoms with E-state index in [0.717, 1.165) is 0 Å². The van der Waals surface area contributed by atoms with Crippen LogP contribution in [0.25, 0.3) is 0 Å². The Labute approximate surface area is 180 Å². The Kier molecular flexibility index (Phi) is 6.96. The van der Waals surface area contributed by atoms with Crippen molar-refractivity contribution in [3.8, 4) is 17.2 Å². The van der Waals surface area contributed by atoms with Crippen molar-refractivity contribution in [3.05, 3.63) is 64.4 Å². The summed E-state index contributed by atoms with van der Waals surface area (Å²) in [6.45, 7) is -2.98. The van der Waals surface area contributed by atoms with Crippen molar-refractivity contribution >= 4 is 34.8 Å². The van der Waals surface area contributed by atoms with Crippen LogP contribution in [0.3, 0.4) is 0 Å². The van der Waals surface area contributed by atoms with Gasteiger partial charge in [-0.1, -0.05) is 23.2 Å². The summed E-state index contributed by atoms with van der Waals surface area (Å²) < 4.78 is 41.1. The Morgan fingerprint density at radius 3 is 2.60 bits per heavy atom. The molecule has 0 radical (unpaired) electrons. The van der Waals surface area contributed by atoms with Crippen LogP contribution >= 0.6 is 23.2 Å². The fourth-order valence-electron chi connectivity index (χ4n) is 2.42. The van der Waals surface area contributed by atoms with Crippen LogP contribution in [0.15, 0.2) is 48.7 Å². The second-order valence-electron chi connectivity index (χ2n) is 5.79. The molecular weight excluding hydrogens is 443 g/mol. The number of aromatic nitrogens is 2. The number of carbonyl (C=O) groups is 1. The van der Waals surface area contributed by atoms with Crippen LogP contribution in [0.4, 0.5) is 14.5 Å². The molecule has 3 rings (SSSR count). The fourth-order valence-corrected chi connectivity index (χ4v) is 2.88. The largest absolute Gasteiger partial charge is 0.493 e. The first kappa shape index (κ1) is 21.7. The maximum atomic E-state index is 12.4. The van der Waals surface area contributed by atoms with Crippen molar-refractivity contribution in [2.75, 3.05) is 12.4 Å². The SMILES string of the molecule is COc1cc(NC(=O)c2ccn(COc3ccc(Cl)cc3Cl)n2)ccc1OC(F)F. The predicted molar refractivity (Wildman–Crippen MR) is 107 cm³/mol. The summed E-state index contributed by atoms with van der Waals surface area (Å²) in [6.07, 6.45) is 1.55. The van der Waals surface area contributed by atoms with Gasteiger partial charge in [-0.05, 0) is 36.4 Å². The molecule has 3 aromatic rings. The van der Waals surface area contributed by atoms with E-state index in [4.69, 9.17) is 32.7 Å². The van der Waals surface area contributed by atoms with Gasteiger partial charge < -0.3 is 19.5 Å². The lowest BCUT2D eigenvalue weighted by Crippen LogP contribution is -2.14. The number of ether oxygens (including phenoxy) is 3. The highest BCUT2D eigenvalue weighted by atomic mass is 35.5. The molecule has 1 aromatic heterocycles. The Hall–Kier alpha value is -3.04. The van der Waals surface area contributed by atoms with Crippen LogP contribution in [0.1, 0.15) is 10.5 Å². The second-order valence-corrected chi connectivity index (χ2v) is 6.63. The third kappa shape index (κ3) is 5.52. The van der Waals surface area contributed by atoms with Gasteiger partial charge >= 0.3 is 6.61 Å². The summed E-state index contributed by atoms with van der Waals surface area (Å²) in [4.78, 5) is 12.4. The molecule has 0 saturated carbocycles. The molecular formula is C19H15Cl2F2N3O4. The van der Waals surface area contributed by atoms with Gasteiger partial charge in [0.25, 0.3) is 5.91 Å². The number of alkyl halides is 2.